The molecule has 4 heterocycles. The lowest BCUT2D eigenvalue weighted by molar-refractivity contribution is -0.141. The van der Waals surface area contributed by atoms with Crippen LogP contribution in [0, 0.1) is 18.3 Å². The van der Waals surface area contributed by atoms with Crippen molar-refractivity contribution in [2.45, 2.75) is 19.6 Å². The van der Waals surface area contributed by atoms with E-state index in [0.717, 1.165) is 17.0 Å². The Morgan fingerprint density at radius 2 is 1.85 bits per heavy atom. The van der Waals surface area contributed by atoms with Crippen LogP contribution in [0.4, 0.5) is 13.2 Å². The molecule has 11 heteroatoms. The third kappa shape index (κ3) is 3.86. The molecule has 0 bridgehead atoms. The number of pyridine rings is 1. The molecule has 0 aliphatic carbocycles. The van der Waals surface area contributed by atoms with E-state index >= 15 is 0 Å². The van der Waals surface area contributed by atoms with E-state index in [2.05, 4.69) is 25.1 Å². The summed E-state index contributed by atoms with van der Waals surface area (Å²) in [7, 11) is 0. The number of halogens is 3. The van der Waals surface area contributed by atoms with Gasteiger partial charge in [0.05, 0.1) is 29.4 Å². The maximum Gasteiger partial charge on any atom is 0.435 e. The van der Waals surface area contributed by atoms with Gasteiger partial charge in [0.15, 0.2) is 22.9 Å². The predicted molar refractivity (Wildman–Crippen MR) is 116 cm³/mol. The number of benzene rings is 1. The summed E-state index contributed by atoms with van der Waals surface area (Å²) < 4.78 is 41.8. The SMILES string of the molecule is Cc1cc(C(F)(F)F)nn1-c1ccc(Cn2ncc3cnc(-c4cccnc4C#N)nc32)cc1. The van der Waals surface area contributed by atoms with Crippen molar-refractivity contribution in [2.75, 3.05) is 0 Å². The number of alkyl halides is 3. The molecule has 168 valence electrons. The first kappa shape index (κ1) is 21.3. The van der Waals surface area contributed by atoms with Crippen LogP contribution >= 0.6 is 0 Å². The zero-order valence-corrected chi connectivity index (χ0v) is 17.7. The number of aromatic nitrogens is 7. The van der Waals surface area contributed by atoms with Crippen molar-refractivity contribution >= 4 is 11.0 Å². The zero-order chi connectivity index (χ0) is 23.9. The molecule has 34 heavy (non-hydrogen) atoms. The highest BCUT2D eigenvalue weighted by molar-refractivity contribution is 5.76. The van der Waals surface area contributed by atoms with E-state index in [9.17, 15) is 18.4 Å². The number of nitrogens with zero attached hydrogens (tertiary/aromatic N) is 8. The van der Waals surface area contributed by atoms with Crippen molar-refractivity contribution in [2.24, 2.45) is 0 Å². The van der Waals surface area contributed by atoms with Gasteiger partial charge in [-0.15, -0.1) is 0 Å². The number of nitriles is 1. The summed E-state index contributed by atoms with van der Waals surface area (Å²) in [6.45, 7) is 1.95. The van der Waals surface area contributed by atoms with E-state index in [4.69, 9.17) is 0 Å². The quantitative estimate of drug-likeness (QED) is 0.396. The Morgan fingerprint density at radius 1 is 1.06 bits per heavy atom. The summed E-state index contributed by atoms with van der Waals surface area (Å²) in [5.74, 6) is 0.365. The summed E-state index contributed by atoms with van der Waals surface area (Å²) >= 11 is 0. The van der Waals surface area contributed by atoms with Crippen LogP contribution in [-0.4, -0.2) is 34.5 Å². The molecule has 0 saturated carbocycles. The van der Waals surface area contributed by atoms with Gasteiger partial charge in [-0.05, 0) is 42.8 Å². The molecule has 0 saturated heterocycles. The normalized spacial score (nSPS) is 11.6. The third-order valence-electron chi connectivity index (χ3n) is 5.22. The minimum atomic E-state index is -4.50. The summed E-state index contributed by atoms with van der Waals surface area (Å²) in [6, 6.07) is 13.5. The smallest absolute Gasteiger partial charge is 0.245 e. The molecule has 8 nitrogen and oxygen atoms in total. The van der Waals surface area contributed by atoms with Gasteiger partial charge in [0, 0.05) is 18.1 Å². The highest BCUT2D eigenvalue weighted by Crippen LogP contribution is 2.29. The summed E-state index contributed by atoms with van der Waals surface area (Å²) in [5.41, 5.74) is 2.18. The van der Waals surface area contributed by atoms with E-state index in [1.54, 1.807) is 60.4 Å². The molecule has 5 rings (SSSR count). The average Bonchev–Trinajstić information content (AvgIpc) is 3.43. The Bertz CT molecular complexity index is 1540. The van der Waals surface area contributed by atoms with Crippen LogP contribution in [0.15, 0.2) is 61.1 Å². The number of hydrogen-bond donors (Lipinski definition) is 0. The summed E-state index contributed by atoms with van der Waals surface area (Å²) in [6.07, 6.45) is 0.315. The minimum absolute atomic E-state index is 0.228. The van der Waals surface area contributed by atoms with Crippen LogP contribution in [-0.2, 0) is 12.7 Å². The Morgan fingerprint density at radius 3 is 2.56 bits per heavy atom. The number of fused-ring (bicyclic) bond motifs is 1. The fourth-order valence-corrected chi connectivity index (χ4v) is 3.58. The van der Waals surface area contributed by atoms with Crippen LogP contribution in [0.1, 0.15) is 22.6 Å². The van der Waals surface area contributed by atoms with Crippen LogP contribution in [0.3, 0.4) is 0 Å². The lowest BCUT2D eigenvalue weighted by atomic mass is 10.2. The standard InChI is InChI=1S/C23H15F3N8/c1-14-9-20(23(24,25)26)32-34(14)17-6-4-15(5-7-17)13-33-22-16(12-30-33)11-29-21(31-22)18-3-2-8-28-19(18)10-27/h2-9,11-12H,13H2,1H3. The van der Waals surface area contributed by atoms with Crippen molar-refractivity contribution in [3.63, 3.8) is 0 Å². The van der Waals surface area contributed by atoms with Gasteiger partial charge in [-0.2, -0.15) is 28.6 Å². The van der Waals surface area contributed by atoms with Crippen LogP contribution in [0.5, 0.6) is 0 Å². The van der Waals surface area contributed by atoms with Crippen LogP contribution < -0.4 is 0 Å². The van der Waals surface area contributed by atoms with Gasteiger partial charge in [-0.1, -0.05) is 12.1 Å². The van der Waals surface area contributed by atoms with Crippen molar-refractivity contribution in [1.29, 1.82) is 5.26 Å². The number of hydrogen-bond acceptors (Lipinski definition) is 6. The number of rotatable bonds is 4. The fraction of sp³-hybridized carbons (Fsp3) is 0.130. The van der Waals surface area contributed by atoms with Gasteiger partial charge in [0.2, 0.25) is 0 Å². The molecular formula is C23H15F3N8. The molecule has 0 aliphatic rings. The largest absolute Gasteiger partial charge is 0.435 e. The van der Waals surface area contributed by atoms with E-state index < -0.39 is 11.9 Å². The lowest BCUT2D eigenvalue weighted by Crippen LogP contribution is -2.07. The Labute approximate surface area is 191 Å². The first-order valence-corrected chi connectivity index (χ1v) is 10.1. The van der Waals surface area contributed by atoms with Gasteiger partial charge in [0.1, 0.15) is 6.07 Å². The topological polar surface area (TPSA) is 98.1 Å². The molecule has 0 radical (unpaired) electrons. The molecule has 0 N–H and O–H groups in total. The molecule has 0 spiro atoms. The molecule has 1 aromatic carbocycles. The van der Waals surface area contributed by atoms with Gasteiger partial charge < -0.3 is 0 Å². The number of aryl methyl sites for hydroxylation is 1. The fourth-order valence-electron chi connectivity index (χ4n) is 3.58. The van der Waals surface area contributed by atoms with E-state index in [1.807, 2.05) is 6.07 Å². The van der Waals surface area contributed by atoms with Gasteiger partial charge in [-0.25, -0.2) is 24.3 Å². The zero-order valence-electron chi connectivity index (χ0n) is 17.7. The highest BCUT2D eigenvalue weighted by atomic mass is 19.4. The molecule has 0 amide bonds. The van der Waals surface area contributed by atoms with Crippen molar-refractivity contribution in [3.05, 3.63) is 83.7 Å². The minimum Gasteiger partial charge on any atom is -0.245 e. The second-order valence-electron chi connectivity index (χ2n) is 7.53. The first-order chi connectivity index (χ1) is 16.3. The molecule has 5 aromatic rings. The monoisotopic (exact) mass is 460 g/mol. The molecular weight excluding hydrogens is 445 g/mol. The molecule has 0 atom stereocenters. The Hall–Kier alpha value is -4.59. The highest BCUT2D eigenvalue weighted by Gasteiger charge is 2.34. The predicted octanol–water partition coefficient (Wildman–Crippen LogP) is 4.32. The van der Waals surface area contributed by atoms with Gasteiger partial charge in [0.25, 0.3) is 0 Å². The second kappa shape index (κ2) is 8.08. The van der Waals surface area contributed by atoms with Crippen molar-refractivity contribution in [1.82, 2.24) is 34.5 Å². The molecule has 0 unspecified atom stereocenters. The van der Waals surface area contributed by atoms with E-state index in [1.165, 1.54) is 10.9 Å². The Kier molecular flexibility index (Phi) is 5.05. The summed E-state index contributed by atoms with van der Waals surface area (Å²) in [5, 5.41) is 18.1. The second-order valence-corrected chi connectivity index (χ2v) is 7.53. The Balaban J connectivity index is 1.44. The van der Waals surface area contributed by atoms with Gasteiger partial charge >= 0.3 is 6.18 Å². The van der Waals surface area contributed by atoms with E-state index in [-0.39, 0.29) is 5.69 Å². The molecule has 0 fully saturated rings. The molecule has 0 aliphatic heterocycles. The van der Waals surface area contributed by atoms with Crippen LogP contribution in [0.25, 0.3) is 28.1 Å². The maximum absolute atomic E-state index is 13.0. The van der Waals surface area contributed by atoms with E-state index in [0.29, 0.717) is 35.0 Å². The maximum atomic E-state index is 13.0. The van der Waals surface area contributed by atoms with Crippen LogP contribution in [0.2, 0.25) is 0 Å². The average molecular weight is 460 g/mol. The lowest BCUT2D eigenvalue weighted by Gasteiger charge is -2.08. The van der Waals surface area contributed by atoms with Crippen molar-refractivity contribution in [3.8, 4) is 23.1 Å². The van der Waals surface area contributed by atoms with Crippen molar-refractivity contribution < 1.29 is 13.2 Å². The summed E-state index contributed by atoms with van der Waals surface area (Å²) in [4.78, 5) is 13.0. The third-order valence-corrected chi connectivity index (χ3v) is 5.22. The molecule has 4 aromatic heterocycles. The first-order valence-electron chi connectivity index (χ1n) is 10.1. The van der Waals surface area contributed by atoms with Gasteiger partial charge in [-0.3, -0.25) is 0 Å².